The topological polar surface area (TPSA) is 51.3 Å². The summed E-state index contributed by atoms with van der Waals surface area (Å²) in [5, 5.41) is 7.92. The standard InChI is InChI=1S/C27H24Cl2N4O2S/c1-34-26-5-3-2-4-24(26)31-27-33(25(18-36-27)22-11-8-20(28)16-23(22)29)30-17-19-6-9-21(10-7-19)32-12-14-35-15-13-32/h2-11,16-18H,12-15H2,1H3/b30-17+,31-27?. The number of anilines is 1. The molecule has 4 aromatic rings. The molecule has 9 heteroatoms. The quantitative estimate of drug-likeness (QED) is 0.264. The molecular weight excluding hydrogens is 515 g/mol. The number of para-hydroxylation sites is 2. The lowest BCUT2D eigenvalue weighted by atomic mass is 10.2. The van der Waals surface area contributed by atoms with Crippen molar-refractivity contribution in [3.8, 4) is 17.0 Å². The highest BCUT2D eigenvalue weighted by Crippen LogP contribution is 2.31. The van der Waals surface area contributed by atoms with Gasteiger partial charge in [-0.2, -0.15) is 5.10 Å². The molecule has 2 heterocycles. The van der Waals surface area contributed by atoms with Crippen LogP contribution in [0.15, 0.2) is 82.2 Å². The molecule has 0 spiro atoms. The molecule has 0 N–H and O–H groups in total. The lowest BCUT2D eigenvalue weighted by molar-refractivity contribution is 0.122. The number of methoxy groups -OCH3 is 1. The van der Waals surface area contributed by atoms with Gasteiger partial charge in [0.05, 0.1) is 37.3 Å². The zero-order valence-corrected chi connectivity index (χ0v) is 21.9. The van der Waals surface area contributed by atoms with Crippen LogP contribution in [0.4, 0.5) is 11.4 Å². The van der Waals surface area contributed by atoms with Crippen molar-refractivity contribution in [1.82, 2.24) is 4.68 Å². The van der Waals surface area contributed by atoms with Gasteiger partial charge in [0.2, 0.25) is 4.80 Å². The number of benzene rings is 3. The fourth-order valence-electron chi connectivity index (χ4n) is 3.91. The van der Waals surface area contributed by atoms with Crippen LogP contribution < -0.4 is 14.4 Å². The zero-order chi connectivity index (χ0) is 24.9. The first-order valence-electron chi connectivity index (χ1n) is 11.4. The molecule has 6 nitrogen and oxygen atoms in total. The Morgan fingerprint density at radius 2 is 1.78 bits per heavy atom. The third kappa shape index (κ3) is 5.50. The van der Waals surface area contributed by atoms with E-state index in [0.29, 0.717) is 20.6 Å². The minimum atomic E-state index is 0.544. The Morgan fingerprint density at radius 3 is 2.53 bits per heavy atom. The van der Waals surface area contributed by atoms with Crippen LogP contribution in [0, 0.1) is 0 Å². The van der Waals surface area contributed by atoms with Crippen LogP contribution >= 0.6 is 34.5 Å². The fourth-order valence-corrected chi connectivity index (χ4v) is 5.26. The van der Waals surface area contributed by atoms with E-state index >= 15 is 0 Å². The Labute approximate surface area is 223 Å². The van der Waals surface area contributed by atoms with Crippen LogP contribution in [-0.4, -0.2) is 44.3 Å². The van der Waals surface area contributed by atoms with E-state index in [2.05, 4.69) is 29.2 Å². The molecule has 0 aliphatic carbocycles. The summed E-state index contributed by atoms with van der Waals surface area (Å²) in [6.07, 6.45) is 1.82. The van der Waals surface area contributed by atoms with Crippen LogP contribution in [-0.2, 0) is 4.74 Å². The van der Waals surface area contributed by atoms with Gasteiger partial charge in [-0.1, -0.05) is 47.5 Å². The van der Waals surface area contributed by atoms with Crippen LogP contribution in [0.3, 0.4) is 0 Å². The van der Waals surface area contributed by atoms with Crippen molar-refractivity contribution in [1.29, 1.82) is 0 Å². The number of ether oxygens (including phenoxy) is 2. The van der Waals surface area contributed by atoms with Gasteiger partial charge in [-0.3, -0.25) is 0 Å². The predicted octanol–water partition coefficient (Wildman–Crippen LogP) is 6.48. The smallest absolute Gasteiger partial charge is 0.211 e. The molecule has 0 radical (unpaired) electrons. The second-order valence-corrected chi connectivity index (χ2v) is 9.74. The number of hydrogen-bond acceptors (Lipinski definition) is 6. The van der Waals surface area contributed by atoms with E-state index < -0.39 is 0 Å². The molecule has 1 aliphatic heterocycles. The molecule has 0 amide bonds. The molecule has 0 saturated carbocycles. The number of halogens is 2. The Balaban J connectivity index is 1.54. The number of rotatable bonds is 6. The van der Waals surface area contributed by atoms with Crippen molar-refractivity contribution in [3.05, 3.63) is 92.5 Å². The maximum atomic E-state index is 6.55. The summed E-state index contributed by atoms with van der Waals surface area (Å²) in [6.45, 7) is 3.31. The third-order valence-corrected chi connectivity index (χ3v) is 7.15. The van der Waals surface area contributed by atoms with E-state index in [1.54, 1.807) is 17.9 Å². The predicted molar refractivity (Wildman–Crippen MR) is 148 cm³/mol. The van der Waals surface area contributed by atoms with Gasteiger partial charge in [-0.15, -0.1) is 11.3 Å². The molecule has 1 saturated heterocycles. The van der Waals surface area contributed by atoms with Crippen LogP contribution in [0.2, 0.25) is 10.0 Å². The van der Waals surface area contributed by atoms with Gasteiger partial charge < -0.3 is 14.4 Å². The van der Waals surface area contributed by atoms with Gasteiger partial charge in [0.1, 0.15) is 11.4 Å². The first-order valence-corrected chi connectivity index (χ1v) is 13.1. The molecule has 0 unspecified atom stereocenters. The van der Waals surface area contributed by atoms with Crippen LogP contribution in [0.5, 0.6) is 5.75 Å². The van der Waals surface area contributed by atoms with E-state index in [1.807, 2.05) is 48.0 Å². The van der Waals surface area contributed by atoms with Crippen molar-refractivity contribution < 1.29 is 9.47 Å². The summed E-state index contributed by atoms with van der Waals surface area (Å²) < 4.78 is 12.7. The third-order valence-electron chi connectivity index (χ3n) is 5.79. The normalized spacial score (nSPS) is 14.5. The van der Waals surface area contributed by atoms with E-state index in [4.69, 9.17) is 42.8 Å². The number of nitrogens with zero attached hydrogens (tertiary/aromatic N) is 4. The number of aromatic nitrogens is 1. The fraction of sp³-hybridized carbons (Fsp3) is 0.185. The second-order valence-electron chi connectivity index (χ2n) is 8.06. The Bertz CT molecular complexity index is 1440. The summed E-state index contributed by atoms with van der Waals surface area (Å²) in [6, 6.07) is 21.4. The Kier molecular flexibility index (Phi) is 7.72. The Hall–Kier alpha value is -3.10. The lowest BCUT2D eigenvalue weighted by Gasteiger charge is -2.28. The average molecular weight is 539 g/mol. The van der Waals surface area contributed by atoms with Gasteiger partial charge in [-0.25, -0.2) is 9.67 Å². The van der Waals surface area contributed by atoms with Gasteiger partial charge in [0, 0.05) is 34.7 Å². The van der Waals surface area contributed by atoms with Crippen molar-refractivity contribution in [3.63, 3.8) is 0 Å². The van der Waals surface area contributed by atoms with Gasteiger partial charge in [-0.05, 0) is 48.0 Å². The largest absolute Gasteiger partial charge is 0.494 e. The van der Waals surface area contributed by atoms with Crippen LogP contribution in [0.1, 0.15) is 5.56 Å². The molecule has 0 atom stereocenters. The van der Waals surface area contributed by atoms with Gasteiger partial charge >= 0.3 is 0 Å². The minimum absolute atomic E-state index is 0.544. The molecule has 184 valence electrons. The monoisotopic (exact) mass is 538 g/mol. The summed E-state index contributed by atoms with van der Waals surface area (Å²) in [7, 11) is 1.63. The minimum Gasteiger partial charge on any atom is -0.494 e. The maximum absolute atomic E-state index is 6.55. The molecule has 1 fully saturated rings. The SMILES string of the molecule is COc1ccccc1N=c1scc(-c2ccc(Cl)cc2Cl)n1/N=C/c1ccc(N2CCOCC2)cc1. The van der Waals surface area contributed by atoms with Crippen molar-refractivity contribution >= 4 is 52.1 Å². The number of hydrogen-bond donors (Lipinski definition) is 0. The Morgan fingerprint density at radius 1 is 1.00 bits per heavy atom. The molecule has 3 aromatic carbocycles. The summed E-state index contributed by atoms with van der Waals surface area (Å²) >= 11 is 14.2. The molecule has 1 aromatic heterocycles. The van der Waals surface area contributed by atoms with E-state index in [-0.39, 0.29) is 0 Å². The highest BCUT2D eigenvalue weighted by molar-refractivity contribution is 7.07. The van der Waals surface area contributed by atoms with Crippen LogP contribution in [0.25, 0.3) is 11.3 Å². The molecule has 1 aliphatic rings. The summed E-state index contributed by atoms with van der Waals surface area (Å²) in [5.41, 5.74) is 4.51. The van der Waals surface area contributed by atoms with E-state index in [0.717, 1.165) is 48.8 Å². The summed E-state index contributed by atoms with van der Waals surface area (Å²) in [4.78, 5) is 7.85. The first-order chi connectivity index (χ1) is 17.6. The average Bonchev–Trinajstić information content (AvgIpc) is 3.30. The highest BCUT2D eigenvalue weighted by atomic mass is 35.5. The van der Waals surface area contributed by atoms with Gasteiger partial charge in [0.15, 0.2) is 0 Å². The molecule has 0 bridgehead atoms. The molecule has 5 rings (SSSR count). The highest BCUT2D eigenvalue weighted by Gasteiger charge is 2.13. The zero-order valence-electron chi connectivity index (χ0n) is 19.6. The first kappa shape index (κ1) is 24.6. The van der Waals surface area contributed by atoms with Crippen molar-refractivity contribution in [2.24, 2.45) is 10.1 Å². The summed E-state index contributed by atoms with van der Waals surface area (Å²) in [5.74, 6) is 0.686. The number of thiazole rings is 1. The van der Waals surface area contributed by atoms with E-state index in [9.17, 15) is 0 Å². The maximum Gasteiger partial charge on any atom is 0.211 e. The number of morpholine rings is 1. The van der Waals surface area contributed by atoms with E-state index in [1.165, 1.54) is 17.0 Å². The van der Waals surface area contributed by atoms with Crippen molar-refractivity contribution in [2.45, 2.75) is 0 Å². The van der Waals surface area contributed by atoms with Crippen molar-refractivity contribution in [2.75, 3.05) is 38.3 Å². The lowest BCUT2D eigenvalue weighted by Crippen LogP contribution is -2.36. The molecule has 36 heavy (non-hydrogen) atoms. The molecular formula is C27H24Cl2N4O2S. The van der Waals surface area contributed by atoms with Gasteiger partial charge in [0.25, 0.3) is 0 Å². The second kappa shape index (κ2) is 11.3.